The zero-order valence-corrected chi connectivity index (χ0v) is 5.67. The van der Waals surface area contributed by atoms with Crippen LogP contribution in [-0.4, -0.2) is 52.0 Å². The van der Waals surface area contributed by atoms with Crippen LogP contribution >= 0.6 is 0 Å². The number of hydrogen-bond acceptors (Lipinski definition) is 5. The van der Waals surface area contributed by atoms with E-state index in [4.69, 9.17) is 20.4 Å². The van der Waals surface area contributed by atoms with Crippen molar-refractivity contribution in [3.05, 3.63) is 0 Å². The summed E-state index contributed by atoms with van der Waals surface area (Å²) in [7, 11) is 0. The lowest BCUT2D eigenvalue weighted by atomic mass is 10.2. The summed E-state index contributed by atoms with van der Waals surface area (Å²) in [6, 6.07) is 0. The normalized spacial score (nSPS) is 15.5. The molecule has 0 aromatic rings. The predicted molar refractivity (Wildman–Crippen MR) is 33.1 cm³/mol. The van der Waals surface area contributed by atoms with Crippen molar-refractivity contribution in [1.82, 2.24) is 0 Å². The maximum atomic E-state index is 9.74. The van der Waals surface area contributed by atoms with Crippen molar-refractivity contribution in [3.63, 3.8) is 0 Å². The smallest absolute Gasteiger partial charge is 0.450 e. The molecule has 6 nitrogen and oxygen atoms in total. The Morgan fingerprint density at radius 2 is 1.91 bits per heavy atom. The second-order valence-electron chi connectivity index (χ2n) is 1.89. The van der Waals surface area contributed by atoms with E-state index in [0.29, 0.717) is 0 Å². The lowest BCUT2D eigenvalue weighted by molar-refractivity contribution is -0.0481. The van der Waals surface area contributed by atoms with Gasteiger partial charge in [-0.15, -0.1) is 0 Å². The van der Waals surface area contributed by atoms with Gasteiger partial charge in [0, 0.05) is 0 Å². The second kappa shape index (κ2) is 4.89. The first-order valence-corrected chi connectivity index (χ1v) is 2.90. The standard InChI is InChI=1S/C5H10O6/c6-1-3(7)4(8)2-11-5(9)10/h3-4,6-8H,1-2H2,(H,9,10)/t3-,4+/m1/s1. The summed E-state index contributed by atoms with van der Waals surface area (Å²) in [5.41, 5.74) is 0. The van der Waals surface area contributed by atoms with Crippen LogP contribution in [0.3, 0.4) is 0 Å². The lowest BCUT2D eigenvalue weighted by Crippen LogP contribution is -2.33. The number of hydrogen-bond donors (Lipinski definition) is 4. The van der Waals surface area contributed by atoms with E-state index in [0.717, 1.165) is 0 Å². The highest BCUT2D eigenvalue weighted by atomic mass is 16.7. The first-order chi connectivity index (χ1) is 5.07. The predicted octanol–water partition coefficient (Wildman–Crippen LogP) is -1.60. The Morgan fingerprint density at radius 3 is 2.27 bits per heavy atom. The minimum absolute atomic E-state index is 0.545. The van der Waals surface area contributed by atoms with Gasteiger partial charge in [-0.3, -0.25) is 0 Å². The highest BCUT2D eigenvalue weighted by molar-refractivity contribution is 5.56. The van der Waals surface area contributed by atoms with Crippen LogP contribution in [0, 0.1) is 0 Å². The molecule has 0 aromatic heterocycles. The van der Waals surface area contributed by atoms with Gasteiger partial charge in [-0.05, 0) is 0 Å². The van der Waals surface area contributed by atoms with Gasteiger partial charge in [0.25, 0.3) is 0 Å². The molecular formula is C5H10O6. The average molecular weight is 166 g/mol. The Hall–Kier alpha value is -0.850. The Balaban J connectivity index is 3.51. The highest BCUT2D eigenvalue weighted by Crippen LogP contribution is 1.93. The fourth-order valence-corrected chi connectivity index (χ4v) is 0.389. The van der Waals surface area contributed by atoms with Gasteiger partial charge in [0.15, 0.2) is 0 Å². The number of rotatable bonds is 4. The van der Waals surface area contributed by atoms with Crippen LogP contribution in [0.2, 0.25) is 0 Å². The van der Waals surface area contributed by atoms with Gasteiger partial charge in [-0.2, -0.15) is 0 Å². The van der Waals surface area contributed by atoms with Crippen molar-refractivity contribution in [2.75, 3.05) is 13.2 Å². The summed E-state index contributed by atoms with van der Waals surface area (Å²) >= 11 is 0. The van der Waals surface area contributed by atoms with E-state index in [9.17, 15) is 4.79 Å². The van der Waals surface area contributed by atoms with Gasteiger partial charge in [0.05, 0.1) is 6.61 Å². The molecule has 0 saturated heterocycles. The van der Waals surface area contributed by atoms with Gasteiger partial charge < -0.3 is 25.2 Å². The summed E-state index contributed by atoms with van der Waals surface area (Å²) in [6.07, 6.45) is -4.28. The first-order valence-electron chi connectivity index (χ1n) is 2.90. The molecule has 0 saturated carbocycles. The zero-order valence-electron chi connectivity index (χ0n) is 5.67. The van der Waals surface area contributed by atoms with Crippen LogP contribution in [0.25, 0.3) is 0 Å². The van der Waals surface area contributed by atoms with Crippen LogP contribution in [-0.2, 0) is 4.74 Å². The average Bonchev–Trinajstić information content (AvgIpc) is 1.98. The Labute approximate surface area is 62.7 Å². The molecular weight excluding hydrogens is 156 g/mol. The van der Waals surface area contributed by atoms with Crippen molar-refractivity contribution in [1.29, 1.82) is 0 Å². The zero-order chi connectivity index (χ0) is 8.85. The largest absolute Gasteiger partial charge is 0.505 e. The van der Waals surface area contributed by atoms with E-state index in [1.807, 2.05) is 0 Å². The Kier molecular flexibility index (Phi) is 4.51. The van der Waals surface area contributed by atoms with Crippen LogP contribution in [0.1, 0.15) is 0 Å². The minimum atomic E-state index is -1.53. The molecule has 0 bridgehead atoms. The number of ether oxygens (including phenoxy) is 1. The highest BCUT2D eigenvalue weighted by Gasteiger charge is 2.16. The summed E-state index contributed by atoms with van der Waals surface area (Å²) in [6.45, 7) is -1.18. The molecule has 66 valence electrons. The molecule has 2 atom stereocenters. The summed E-state index contributed by atoms with van der Waals surface area (Å²) < 4.78 is 3.92. The maximum Gasteiger partial charge on any atom is 0.505 e. The summed E-state index contributed by atoms with van der Waals surface area (Å²) in [5.74, 6) is 0. The van der Waals surface area contributed by atoms with Crippen LogP contribution in [0.15, 0.2) is 0 Å². The lowest BCUT2D eigenvalue weighted by Gasteiger charge is -2.13. The molecule has 0 heterocycles. The van der Waals surface area contributed by atoms with E-state index < -0.39 is 31.6 Å². The van der Waals surface area contributed by atoms with Crippen LogP contribution < -0.4 is 0 Å². The van der Waals surface area contributed by atoms with Crippen molar-refractivity contribution in [2.24, 2.45) is 0 Å². The maximum absolute atomic E-state index is 9.74. The monoisotopic (exact) mass is 166 g/mol. The molecule has 0 radical (unpaired) electrons. The second-order valence-corrected chi connectivity index (χ2v) is 1.89. The van der Waals surface area contributed by atoms with Crippen molar-refractivity contribution < 1.29 is 30.0 Å². The number of aliphatic hydroxyl groups is 3. The van der Waals surface area contributed by atoms with E-state index in [2.05, 4.69) is 4.74 Å². The number of carbonyl (C=O) groups is 1. The van der Waals surface area contributed by atoms with E-state index in [1.165, 1.54) is 0 Å². The molecule has 11 heavy (non-hydrogen) atoms. The van der Waals surface area contributed by atoms with E-state index in [-0.39, 0.29) is 0 Å². The molecule has 0 aliphatic rings. The minimum Gasteiger partial charge on any atom is -0.450 e. The van der Waals surface area contributed by atoms with E-state index in [1.54, 1.807) is 0 Å². The Morgan fingerprint density at radius 1 is 1.36 bits per heavy atom. The summed E-state index contributed by atoms with van der Waals surface area (Å²) in [4.78, 5) is 9.74. The van der Waals surface area contributed by atoms with Crippen LogP contribution in [0.5, 0.6) is 0 Å². The molecule has 0 aromatic carbocycles. The third-order valence-electron chi connectivity index (χ3n) is 1.01. The molecule has 0 fully saturated rings. The molecule has 0 aliphatic carbocycles. The first kappa shape index (κ1) is 10.2. The van der Waals surface area contributed by atoms with Gasteiger partial charge in [0.1, 0.15) is 18.8 Å². The number of aliphatic hydroxyl groups excluding tert-OH is 3. The third kappa shape index (κ3) is 4.54. The molecule has 0 aliphatic heterocycles. The SMILES string of the molecule is O=C(O)OC[C@H](O)[C@H](O)CO. The fourth-order valence-electron chi connectivity index (χ4n) is 0.389. The number of carboxylic acid groups (broad SMARTS) is 1. The quantitative estimate of drug-likeness (QED) is 0.374. The molecule has 0 spiro atoms. The fraction of sp³-hybridized carbons (Fsp3) is 0.800. The van der Waals surface area contributed by atoms with Gasteiger partial charge in [-0.25, -0.2) is 4.79 Å². The molecule has 6 heteroatoms. The van der Waals surface area contributed by atoms with Gasteiger partial charge in [-0.1, -0.05) is 0 Å². The van der Waals surface area contributed by atoms with Crippen LogP contribution in [0.4, 0.5) is 4.79 Å². The van der Waals surface area contributed by atoms with Gasteiger partial charge in [0.2, 0.25) is 0 Å². The van der Waals surface area contributed by atoms with Crippen molar-refractivity contribution >= 4 is 6.16 Å². The summed E-state index contributed by atoms with van der Waals surface area (Å²) in [5, 5.41) is 33.6. The Bertz CT molecular complexity index is 124. The van der Waals surface area contributed by atoms with Crippen molar-refractivity contribution in [2.45, 2.75) is 12.2 Å². The molecule has 0 rings (SSSR count). The van der Waals surface area contributed by atoms with E-state index >= 15 is 0 Å². The third-order valence-corrected chi connectivity index (χ3v) is 1.01. The topological polar surface area (TPSA) is 107 Å². The van der Waals surface area contributed by atoms with Gasteiger partial charge >= 0.3 is 6.16 Å². The van der Waals surface area contributed by atoms with Crippen molar-refractivity contribution in [3.8, 4) is 0 Å². The molecule has 4 N–H and O–H groups in total. The molecule has 0 unspecified atom stereocenters. The molecule has 0 amide bonds.